The Morgan fingerprint density at radius 3 is 2.59 bits per heavy atom. The summed E-state index contributed by atoms with van der Waals surface area (Å²) in [5.74, 6) is -0.552. The number of rotatable bonds is 4. The quantitative estimate of drug-likeness (QED) is 0.449. The molecule has 0 atom stereocenters. The van der Waals surface area contributed by atoms with Gasteiger partial charge in [0.15, 0.2) is 11.7 Å². The van der Waals surface area contributed by atoms with Crippen molar-refractivity contribution in [3.05, 3.63) is 35.4 Å². The summed E-state index contributed by atoms with van der Waals surface area (Å²) in [6, 6.07) is 6.77. The zero-order valence-corrected chi connectivity index (χ0v) is 15.6. The average molecular weight is 389 g/mol. The molecule has 2 saturated heterocycles. The normalized spacial score (nSPS) is 19.3. The van der Waals surface area contributed by atoms with Gasteiger partial charge in [-0.15, -0.1) is 0 Å². The van der Waals surface area contributed by atoms with Gasteiger partial charge in [0.25, 0.3) is 17.7 Å². The van der Waals surface area contributed by atoms with Gasteiger partial charge < -0.3 is 14.4 Å². The van der Waals surface area contributed by atoms with Gasteiger partial charge in [-0.1, -0.05) is 12.1 Å². The number of ether oxygens (including phenoxy) is 2. The number of carbonyl (C=O) groups excluding carboxylic acids is 3. The Bertz CT molecular complexity index is 800. The van der Waals surface area contributed by atoms with Crippen LogP contribution < -0.4 is 10.1 Å². The second kappa shape index (κ2) is 8.28. The van der Waals surface area contributed by atoms with E-state index in [1.54, 1.807) is 29.2 Å². The molecule has 0 aliphatic carbocycles. The molecule has 1 N–H and O–H groups in total. The number of hydrogen-bond acceptors (Lipinski definition) is 6. The molecule has 0 bridgehead atoms. The van der Waals surface area contributed by atoms with Crippen LogP contribution in [0.4, 0.5) is 0 Å². The molecule has 8 nitrogen and oxygen atoms in total. The maximum absolute atomic E-state index is 12.2. The van der Waals surface area contributed by atoms with Crippen LogP contribution in [0, 0.1) is 0 Å². The highest BCUT2D eigenvalue weighted by molar-refractivity contribution is 7.80. The summed E-state index contributed by atoms with van der Waals surface area (Å²) in [6.07, 6.45) is 1.48. The number of thiocarbonyl (C=S) groups is 1. The van der Waals surface area contributed by atoms with E-state index in [-0.39, 0.29) is 23.2 Å². The Morgan fingerprint density at radius 1 is 1.26 bits per heavy atom. The van der Waals surface area contributed by atoms with Gasteiger partial charge in [0, 0.05) is 20.1 Å². The maximum atomic E-state index is 12.2. The molecule has 0 saturated carbocycles. The van der Waals surface area contributed by atoms with Crippen LogP contribution in [0.3, 0.4) is 0 Å². The molecule has 0 radical (unpaired) electrons. The molecule has 142 valence electrons. The molecule has 0 unspecified atom stereocenters. The molecule has 2 aliphatic heterocycles. The average Bonchev–Trinajstić information content (AvgIpc) is 2.69. The summed E-state index contributed by atoms with van der Waals surface area (Å²) in [5.41, 5.74) is 0.656. The van der Waals surface area contributed by atoms with Gasteiger partial charge in [0.1, 0.15) is 11.3 Å². The highest BCUT2D eigenvalue weighted by atomic mass is 32.1. The Labute approximate surface area is 161 Å². The van der Waals surface area contributed by atoms with Crippen LogP contribution in [0.5, 0.6) is 5.75 Å². The zero-order valence-electron chi connectivity index (χ0n) is 14.8. The summed E-state index contributed by atoms with van der Waals surface area (Å²) in [5, 5.41) is 2.54. The van der Waals surface area contributed by atoms with Crippen molar-refractivity contribution in [2.45, 2.75) is 0 Å². The van der Waals surface area contributed by atoms with Gasteiger partial charge in [-0.2, -0.15) is 0 Å². The number of hydrogen-bond donors (Lipinski definition) is 1. The van der Waals surface area contributed by atoms with Gasteiger partial charge in [0.2, 0.25) is 0 Å². The lowest BCUT2D eigenvalue weighted by molar-refractivity contribution is -0.137. The third-order valence-corrected chi connectivity index (χ3v) is 4.60. The Morgan fingerprint density at radius 2 is 1.93 bits per heavy atom. The molecule has 0 aromatic heterocycles. The van der Waals surface area contributed by atoms with E-state index in [4.69, 9.17) is 21.7 Å². The largest absolute Gasteiger partial charge is 0.484 e. The third-order valence-electron chi connectivity index (χ3n) is 4.22. The van der Waals surface area contributed by atoms with E-state index in [2.05, 4.69) is 5.32 Å². The van der Waals surface area contributed by atoms with Crippen molar-refractivity contribution in [3.63, 3.8) is 0 Å². The van der Waals surface area contributed by atoms with E-state index in [1.807, 2.05) is 0 Å². The van der Waals surface area contributed by atoms with Crippen LogP contribution >= 0.6 is 12.2 Å². The smallest absolute Gasteiger partial charge is 0.265 e. The van der Waals surface area contributed by atoms with E-state index < -0.39 is 11.8 Å². The van der Waals surface area contributed by atoms with Gasteiger partial charge >= 0.3 is 0 Å². The fraction of sp³-hybridized carbons (Fsp3) is 0.333. The molecule has 1 aromatic rings. The second-order valence-electron chi connectivity index (χ2n) is 6.03. The van der Waals surface area contributed by atoms with Crippen LogP contribution in [0.1, 0.15) is 5.56 Å². The van der Waals surface area contributed by atoms with E-state index in [9.17, 15) is 14.4 Å². The van der Waals surface area contributed by atoms with E-state index in [0.717, 1.165) is 0 Å². The van der Waals surface area contributed by atoms with Crippen molar-refractivity contribution in [3.8, 4) is 5.75 Å². The van der Waals surface area contributed by atoms with Crippen molar-refractivity contribution in [2.75, 3.05) is 40.0 Å². The minimum atomic E-state index is -0.528. The molecule has 2 heterocycles. The van der Waals surface area contributed by atoms with Crippen LogP contribution in [0.25, 0.3) is 6.08 Å². The van der Waals surface area contributed by atoms with Gasteiger partial charge in [-0.25, -0.2) is 0 Å². The summed E-state index contributed by atoms with van der Waals surface area (Å²) < 4.78 is 10.7. The Kier molecular flexibility index (Phi) is 5.82. The SMILES string of the molecule is CN1C(=O)/C(=C/c2ccc(OCC(=O)N3CCOCC3)cc2)C(=O)NC1=S. The molecule has 0 spiro atoms. The first-order valence-corrected chi connectivity index (χ1v) is 8.80. The monoisotopic (exact) mass is 389 g/mol. The fourth-order valence-corrected chi connectivity index (χ4v) is 2.80. The summed E-state index contributed by atoms with van der Waals surface area (Å²) in [7, 11) is 1.50. The van der Waals surface area contributed by atoms with Crippen molar-refractivity contribution in [1.82, 2.24) is 15.1 Å². The maximum Gasteiger partial charge on any atom is 0.265 e. The number of benzene rings is 1. The van der Waals surface area contributed by atoms with E-state index in [1.165, 1.54) is 18.0 Å². The zero-order chi connectivity index (χ0) is 19.4. The highest BCUT2D eigenvalue weighted by Gasteiger charge is 2.30. The first-order chi connectivity index (χ1) is 13.0. The van der Waals surface area contributed by atoms with Crippen molar-refractivity contribution in [1.29, 1.82) is 0 Å². The second-order valence-corrected chi connectivity index (χ2v) is 6.42. The van der Waals surface area contributed by atoms with Crippen LogP contribution in [-0.4, -0.2) is 72.6 Å². The third kappa shape index (κ3) is 4.50. The van der Waals surface area contributed by atoms with Gasteiger partial charge in [0.05, 0.1) is 13.2 Å². The van der Waals surface area contributed by atoms with E-state index in [0.29, 0.717) is 37.6 Å². The fourth-order valence-electron chi connectivity index (χ4n) is 2.62. The first kappa shape index (κ1) is 19.0. The van der Waals surface area contributed by atoms with Crippen molar-refractivity contribution < 1.29 is 23.9 Å². The minimum absolute atomic E-state index is 0.00210. The minimum Gasteiger partial charge on any atom is -0.484 e. The lowest BCUT2D eigenvalue weighted by Gasteiger charge is -2.26. The predicted octanol–water partition coefficient (Wildman–Crippen LogP) is 0.181. The van der Waals surface area contributed by atoms with Crippen molar-refractivity contribution in [2.24, 2.45) is 0 Å². The summed E-state index contributed by atoms with van der Waals surface area (Å²) in [4.78, 5) is 39.1. The number of carbonyl (C=O) groups is 3. The lowest BCUT2D eigenvalue weighted by atomic mass is 10.1. The number of nitrogens with one attached hydrogen (secondary N) is 1. The van der Waals surface area contributed by atoms with E-state index >= 15 is 0 Å². The lowest BCUT2D eigenvalue weighted by Crippen LogP contribution is -2.52. The molecular weight excluding hydrogens is 370 g/mol. The number of morpholine rings is 1. The molecule has 27 heavy (non-hydrogen) atoms. The molecular formula is C18H19N3O5S. The highest BCUT2D eigenvalue weighted by Crippen LogP contribution is 2.17. The van der Waals surface area contributed by atoms with Crippen LogP contribution in [0.2, 0.25) is 0 Å². The van der Waals surface area contributed by atoms with Crippen LogP contribution in [-0.2, 0) is 19.1 Å². The first-order valence-electron chi connectivity index (χ1n) is 8.39. The van der Waals surface area contributed by atoms with Gasteiger partial charge in [-0.3, -0.25) is 24.6 Å². The molecule has 3 amide bonds. The topological polar surface area (TPSA) is 88.2 Å². The van der Waals surface area contributed by atoms with Crippen molar-refractivity contribution >= 4 is 41.1 Å². The molecule has 2 fully saturated rings. The summed E-state index contributed by atoms with van der Waals surface area (Å²) >= 11 is 4.91. The number of amides is 3. The van der Waals surface area contributed by atoms with Crippen LogP contribution in [0.15, 0.2) is 29.8 Å². The Balaban J connectivity index is 1.61. The molecule has 1 aromatic carbocycles. The Hall–Kier alpha value is -2.78. The van der Waals surface area contributed by atoms with Gasteiger partial charge in [-0.05, 0) is 36.0 Å². The molecule has 9 heteroatoms. The molecule has 3 rings (SSSR count). The standard InChI is InChI=1S/C18H19N3O5S/c1-20-17(24)14(16(23)19-18(20)27)10-12-2-4-13(5-3-12)26-11-15(22)21-6-8-25-9-7-21/h2-5,10H,6-9,11H2,1H3,(H,19,23,27)/b14-10+. The number of nitrogens with zero attached hydrogens (tertiary/aromatic N) is 2. The summed E-state index contributed by atoms with van der Waals surface area (Å²) in [6.45, 7) is 2.18. The predicted molar refractivity (Wildman–Crippen MR) is 101 cm³/mol. The number of likely N-dealkylation sites (N-methyl/N-ethyl adjacent to an activating group) is 1. The molecule has 2 aliphatic rings.